The SMILES string of the molecule is C=C(/C=C\C(F)=C/C)NC1Nc2cc(Oc3ccnc(NC(C)=O)c3)ccc2N1C. The lowest BCUT2D eigenvalue weighted by molar-refractivity contribution is -0.114. The van der Waals surface area contributed by atoms with Crippen LogP contribution < -0.4 is 25.6 Å². The number of nitrogens with zero attached hydrogens (tertiary/aromatic N) is 2. The van der Waals surface area contributed by atoms with E-state index in [9.17, 15) is 9.18 Å². The van der Waals surface area contributed by atoms with E-state index in [0.717, 1.165) is 11.4 Å². The molecule has 3 N–H and O–H groups in total. The largest absolute Gasteiger partial charge is 0.457 e. The minimum Gasteiger partial charge on any atom is -0.457 e. The third kappa shape index (κ3) is 5.16. The van der Waals surface area contributed by atoms with Crippen LogP contribution in [0.25, 0.3) is 0 Å². The summed E-state index contributed by atoms with van der Waals surface area (Å²) in [5, 5.41) is 9.17. The van der Waals surface area contributed by atoms with Crippen LogP contribution in [0.3, 0.4) is 0 Å². The Balaban J connectivity index is 1.68. The van der Waals surface area contributed by atoms with Crippen LogP contribution in [0.2, 0.25) is 0 Å². The van der Waals surface area contributed by atoms with Crippen LogP contribution in [-0.2, 0) is 4.79 Å². The van der Waals surface area contributed by atoms with Gasteiger partial charge in [-0.3, -0.25) is 4.79 Å². The van der Waals surface area contributed by atoms with Crippen LogP contribution in [0.15, 0.2) is 72.9 Å². The van der Waals surface area contributed by atoms with Crippen molar-refractivity contribution in [3.8, 4) is 11.5 Å². The molecule has 1 aliphatic heterocycles. The van der Waals surface area contributed by atoms with E-state index in [0.29, 0.717) is 23.0 Å². The maximum atomic E-state index is 13.2. The van der Waals surface area contributed by atoms with Gasteiger partial charge in [-0.05, 0) is 37.3 Å². The van der Waals surface area contributed by atoms with E-state index in [-0.39, 0.29) is 18.0 Å². The lowest BCUT2D eigenvalue weighted by Crippen LogP contribution is -2.44. The second kappa shape index (κ2) is 9.13. The topological polar surface area (TPSA) is 78.5 Å². The number of halogens is 1. The molecule has 3 rings (SSSR count). The van der Waals surface area contributed by atoms with Gasteiger partial charge in [0.25, 0.3) is 0 Å². The molecular formula is C22H24FN5O2. The molecule has 1 amide bonds. The monoisotopic (exact) mass is 409 g/mol. The van der Waals surface area contributed by atoms with Gasteiger partial charge in [-0.1, -0.05) is 12.7 Å². The molecular weight excluding hydrogens is 385 g/mol. The summed E-state index contributed by atoms with van der Waals surface area (Å²) in [6.07, 6.45) is 5.64. The summed E-state index contributed by atoms with van der Waals surface area (Å²) >= 11 is 0. The number of aromatic nitrogens is 1. The highest BCUT2D eigenvalue weighted by Crippen LogP contribution is 2.37. The van der Waals surface area contributed by atoms with Crippen LogP contribution >= 0.6 is 0 Å². The Bertz CT molecular complexity index is 1020. The molecule has 156 valence electrons. The lowest BCUT2D eigenvalue weighted by atomic mass is 10.2. The number of anilines is 3. The quantitative estimate of drug-likeness (QED) is 0.584. The van der Waals surface area contributed by atoms with Crippen LogP contribution in [0, 0.1) is 0 Å². The van der Waals surface area contributed by atoms with Gasteiger partial charge >= 0.3 is 0 Å². The highest BCUT2D eigenvalue weighted by atomic mass is 19.1. The minimum atomic E-state index is -0.325. The number of allylic oxidation sites excluding steroid dienone is 4. The van der Waals surface area contributed by atoms with Crippen molar-refractivity contribution < 1.29 is 13.9 Å². The summed E-state index contributed by atoms with van der Waals surface area (Å²) in [5.41, 5.74) is 2.42. The number of rotatable bonds is 7. The average molecular weight is 409 g/mol. The maximum Gasteiger partial charge on any atom is 0.222 e. The summed E-state index contributed by atoms with van der Waals surface area (Å²) in [6.45, 7) is 6.96. The predicted octanol–water partition coefficient (Wildman–Crippen LogP) is 4.51. The molecule has 1 aromatic heterocycles. The number of benzene rings is 1. The van der Waals surface area contributed by atoms with Gasteiger partial charge in [0.15, 0.2) is 6.29 Å². The van der Waals surface area contributed by atoms with Crippen molar-refractivity contribution in [3.63, 3.8) is 0 Å². The Labute approximate surface area is 174 Å². The zero-order chi connectivity index (χ0) is 21.7. The van der Waals surface area contributed by atoms with Gasteiger partial charge in [-0.15, -0.1) is 0 Å². The molecule has 0 spiro atoms. The first kappa shape index (κ1) is 20.9. The maximum absolute atomic E-state index is 13.2. The van der Waals surface area contributed by atoms with Crippen molar-refractivity contribution >= 4 is 23.1 Å². The summed E-state index contributed by atoms with van der Waals surface area (Å²) < 4.78 is 19.2. The summed E-state index contributed by atoms with van der Waals surface area (Å²) in [5.74, 6) is 1.08. The van der Waals surface area contributed by atoms with Gasteiger partial charge < -0.3 is 25.6 Å². The fraction of sp³-hybridized carbons (Fsp3) is 0.182. The molecule has 0 bridgehead atoms. The highest BCUT2D eigenvalue weighted by Gasteiger charge is 2.26. The van der Waals surface area contributed by atoms with Gasteiger partial charge in [0.05, 0.1) is 11.4 Å². The molecule has 0 saturated heterocycles. The normalized spacial score (nSPS) is 15.5. The fourth-order valence-corrected chi connectivity index (χ4v) is 2.88. The van der Waals surface area contributed by atoms with Gasteiger partial charge in [-0.2, -0.15) is 0 Å². The highest BCUT2D eigenvalue weighted by molar-refractivity contribution is 5.87. The fourth-order valence-electron chi connectivity index (χ4n) is 2.88. The first-order chi connectivity index (χ1) is 14.4. The third-order valence-corrected chi connectivity index (χ3v) is 4.34. The second-order valence-corrected chi connectivity index (χ2v) is 6.67. The lowest BCUT2D eigenvalue weighted by Gasteiger charge is -2.24. The van der Waals surface area contributed by atoms with Gasteiger partial charge in [0.2, 0.25) is 5.91 Å². The van der Waals surface area contributed by atoms with Crippen LogP contribution in [0.1, 0.15) is 13.8 Å². The Hall–Kier alpha value is -3.81. The van der Waals surface area contributed by atoms with Crippen molar-refractivity contribution in [3.05, 3.63) is 72.9 Å². The molecule has 2 aromatic rings. The Morgan fingerprint density at radius 2 is 2.07 bits per heavy atom. The number of hydrogen-bond donors (Lipinski definition) is 3. The number of carbonyl (C=O) groups is 1. The molecule has 1 unspecified atom stereocenters. The van der Waals surface area contributed by atoms with E-state index < -0.39 is 0 Å². The first-order valence-corrected chi connectivity index (χ1v) is 9.36. The standard InChI is InChI=1S/C22H24FN5O2/c1-5-16(23)7-6-14(2)25-22-27-19-12-17(8-9-20(19)28(22)4)30-18-10-11-24-21(13-18)26-15(3)29/h5-13,22,25,27H,2H2,1,3-4H3,(H,24,26,29)/b7-6-,16-5+. The van der Waals surface area contributed by atoms with E-state index in [2.05, 4.69) is 27.5 Å². The molecule has 0 fully saturated rings. The van der Waals surface area contributed by atoms with E-state index in [1.54, 1.807) is 31.3 Å². The molecule has 2 heterocycles. The Morgan fingerprint density at radius 1 is 1.30 bits per heavy atom. The molecule has 1 aliphatic rings. The number of pyridine rings is 1. The minimum absolute atomic E-state index is 0.201. The van der Waals surface area contributed by atoms with Crippen molar-refractivity contribution in [2.75, 3.05) is 22.6 Å². The number of fused-ring (bicyclic) bond motifs is 1. The molecule has 1 aromatic carbocycles. The van der Waals surface area contributed by atoms with Crippen molar-refractivity contribution in [1.82, 2.24) is 10.3 Å². The molecule has 0 aliphatic carbocycles. The van der Waals surface area contributed by atoms with E-state index >= 15 is 0 Å². The molecule has 7 nitrogen and oxygen atoms in total. The molecule has 8 heteroatoms. The van der Waals surface area contributed by atoms with Gasteiger partial charge in [0.1, 0.15) is 23.1 Å². The number of nitrogens with one attached hydrogen (secondary N) is 3. The summed E-state index contributed by atoms with van der Waals surface area (Å²) in [7, 11) is 1.93. The van der Waals surface area contributed by atoms with Gasteiger partial charge in [-0.25, -0.2) is 9.37 Å². The third-order valence-electron chi connectivity index (χ3n) is 4.34. The van der Waals surface area contributed by atoms with Gasteiger partial charge in [0, 0.05) is 38.0 Å². The summed E-state index contributed by atoms with van der Waals surface area (Å²) in [4.78, 5) is 17.3. The Morgan fingerprint density at radius 3 is 2.80 bits per heavy atom. The van der Waals surface area contributed by atoms with E-state index in [4.69, 9.17) is 4.74 Å². The second-order valence-electron chi connectivity index (χ2n) is 6.67. The molecule has 1 atom stereocenters. The molecule has 0 saturated carbocycles. The number of carbonyl (C=O) groups excluding carboxylic acids is 1. The predicted molar refractivity (Wildman–Crippen MR) is 117 cm³/mol. The van der Waals surface area contributed by atoms with Crippen molar-refractivity contribution in [2.24, 2.45) is 0 Å². The van der Waals surface area contributed by atoms with E-state index in [1.807, 2.05) is 30.1 Å². The van der Waals surface area contributed by atoms with E-state index in [1.165, 1.54) is 19.1 Å². The Kier molecular flexibility index (Phi) is 6.36. The first-order valence-electron chi connectivity index (χ1n) is 9.36. The van der Waals surface area contributed by atoms with Crippen LogP contribution in [0.5, 0.6) is 11.5 Å². The zero-order valence-electron chi connectivity index (χ0n) is 17.1. The number of amides is 1. The van der Waals surface area contributed by atoms with Crippen molar-refractivity contribution in [2.45, 2.75) is 20.1 Å². The van der Waals surface area contributed by atoms with Crippen molar-refractivity contribution in [1.29, 1.82) is 0 Å². The smallest absolute Gasteiger partial charge is 0.222 e. The number of hydrogen-bond acceptors (Lipinski definition) is 6. The zero-order valence-corrected chi connectivity index (χ0v) is 17.1. The average Bonchev–Trinajstić information content (AvgIpc) is 3.00. The van der Waals surface area contributed by atoms with Crippen LogP contribution in [-0.4, -0.2) is 24.2 Å². The molecule has 30 heavy (non-hydrogen) atoms. The number of ether oxygens (including phenoxy) is 1. The summed E-state index contributed by atoms with van der Waals surface area (Å²) in [6, 6.07) is 9.03. The molecule has 0 radical (unpaired) electrons. The van der Waals surface area contributed by atoms with Crippen LogP contribution in [0.4, 0.5) is 21.6 Å².